The van der Waals surface area contributed by atoms with Crippen LogP contribution in [0.5, 0.6) is 5.75 Å². The van der Waals surface area contributed by atoms with E-state index in [0.717, 1.165) is 28.6 Å². The Morgan fingerprint density at radius 3 is 2.81 bits per heavy atom. The number of phenolic OH excluding ortho intramolecular Hbond substituents is 1. The highest BCUT2D eigenvalue weighted by atomic mass is 19.1. The van der Waals surface area contributed by atoms with Crippen molar-refractivity contribution in [1.82, 2.24) is 15.1 Å². The second kappa shape index (κ2) is 6.12. The Morgan fingerprint density at radius 2 is 2.04 bits per heavy atom. The maximum Gasteiger partial charge on any atom is 0.258 e. The van der Waals surface area contributed by atoms with E-state index in [4.69, 9.17) is 0 Å². The quantitative estimate of drug-likeness (QED) is 0.753. The van der Waals surface area contributed by atoms with Gasteiger partial charge in [-0.1, -0.05) is 19.9 Å². The molecule has 134 valence electrons. The van der Waals surface area contributed by atoms with Gasteiger partial charge in [0.25, 0.3) is 5.91 Å². The number of amides is 1. The van der Waals surface area contributed by atoms with Gasteiger partial charge in [0.15, 0.2) is 0 Å². The smallest absolute Gasteiger partial charge is 0.258 e. The van der Waals surface area contributed by atoms with Crippen LogP contribution in [0.2, 0.25) is 0 Å². The summed E-state index contributed by atoms with van der Waals surface area (Å²) in [6.07, 6.45) is 0.785. The lowest BCUT2D eigenvalue weighted by Gasteiger charge is -2.16. The molecule has 6 heteroatoms. The van der Waals surface area contributed by atoms with E-state index in [1.54, 1.807) is 23.1 Å². The van der Waals surface area contributed by atoms with Crippen molar-refractivity contribution in [3.63, 3.8) is 0 Å². The van der Waals surface area contributed by atoms with E-state index in [1.165, 1.54) is 12.1 Å². The summed E-state index contributed by atoms with van der Waals surface area (Å²) in [5.74, 6) is -0.224. The van der Waals surface area contributed by atoms with Gasteiger partial charge in [-0.25, -0.2) is 4.39 Å². The Bertz CT molecular complexity index is 1010. The number of rotatable bonds is 3. The number of carbonyl (C=O) groups excluding carboxylic acids is 1. The number of hydrogen-bond acceptors (Lipinski definition) is 3. The van der Waals surface area contributed by atoms with Crippen LogP contribution in [-0.2, 0) is 19.5 Å². The molecule has 0 bridgehead atoms. The molecule has 5 nitrogen and oxygen atoms in total. The molecule has 0 atom stereocenters. The predicted octanol–water partition coefficient (Wildman–Crippen LogP) is 3.76. The molecule has 0 radical (unpaired) electrons. The number of aromatic hydroxyl groups is 1. The van der Waals surface area contributed by atoms with Crippen molar-refractivity contribution in [2.24, 2.45) is 5.92 Å². The van der Waals surface area contributed by atoms with E-state index < -0.39 is 0 Å². The van der Waals surface area contributed by atoms with Gasteiger partial charge in [0.1, 0.15) is 11.6 Å². The molecule has 1 aliphatic heterocycles. The van der Waals surface area contributed by atoms with Gasteiger partial charge in [0.05, 0.1) is 16.8 Å². The Balaban J connectivity index is 1.68. The predicted molar refractivity (Wildman–Crippen MR) is 96.3 cm³/mol. The minimum atomic E-state index is -0.306. The molecule has 0 unspecified atom stereocenters. The Labute approximate surface area is 150 Å². The molecule has 1 aromatic heterocycles. The Hall–Kier alpha value is -2.89. The number of nitrogens with one attached hydrogen (secondary N) is 1. The Kier molecular flexibility index (Phi) is 3.90. The molecule has 2 N–H and O–H groups in total. The fourth-order valence-corrected chi connectivity index (χ4v) is 3.50. The number of halogens is 1. The van der Waals surface area contributed by atoms with Crippen LogP contribution in [0.4, 0.5) is 4.39 Å². The minimum absolute atomic E-state index is 0.0793. The van der Waals surface area contributed by atoms with E-state index in [-0.39, 0.29) is 23.0 Å². The number of benzene rings is 2. The van der Waals surface area contributed by atoms with Crippen molar-refractivity contribution in [1.29, 1.82) is 0 Å². The van der Waals surface area contributed by atoms with Crippen molar-refractivity contribution in [3.8, 4) is 5.75 Å². The van der Waals surface area contributed by atoms with Crippen molar-refractivity contribution in [2.75, 3.05) is 0 Å². The van der Waals surface area contributed by atoms with E-state index in [1.807, 2.05) is 0 Å². The highest BCUT2D eigenvalue weighted by molar-refractivity contribution is 6.01. The van der Waals surface area contributed by atoms with Gasteiger partial charge in [-0.3, -0.25) is 9.89 Å². The number of H-pyrrole nitrogens is 1. The number of aromatic nitrogens is 2. The van der Waals surface area contributed by atoms with Gasteiger partial charge in [0.2, 0.25) is 0 Å². The second-order valence-corrected chi connectivity index (χ2v) is 7.26. The minimum Gasteiger partial charge on any atom is -0.507 e. The van der Waals surface area contributed by atoms with Crippen LogP contribution >= 0.6 is 0 Å². The van der Waals surface area contributed by atoms with Crippen LogP contribution in [-0.4, -0.2) is 26.1 Å². The summed E-state index contributed by atoms with van der Waals surface area (Å²) in [6.45, 7) is 4.96. The van der Waals surface area contributed by atoms with Gasteiger partial charge < -0.3 is 10.0 Å². The van der Waals surface area contributed by atoms with E-state index >= 15 is 0 Å². The second-order valence-electron chi connectivity index (χ2n) is 7.26. The molecule has 0 saturated heterocycles. The van der Waals surface area contributed by atoms with Crippen molar-refractivity contribution < 1.29 is 14.3 Å². The lowest BCUT2D eigenvalue weighted by atomic mass is 10.0. The maximum absolute atomic E-state index is 13.4. The van der Waals surface area contributed by atoms with Gasteiger partial charge in [-0.2, -0.15) is 5.10 Å². The molecule has 2 heterocycles. The highest BCUT2D eigenvalue weighted by Gasteiger charge is 2.27. The standard InChI is InChI=1S/C20H20FN3O2/c1-11(2)5-17-15-7-16(19(25)8-18(15)23-22-17)20(26)24-9-12-3-4-14(21)6-13(12)10-24/h3-4,6-8,11,25H,5,9-10H2,1-2H3,(H,22,23). The summed E-state index contributed by atoms with van der Waals surface area (Å²) in [5, 5.41) is 18.4. The molecule has 0 spiro atoms. The summed E-state index contributed by atoms with van der Waals surface area (Å²) < 4.78 is 13.4. The molecule has 0 saturated carbocycles. The number of hydrogen-bond donors (Lipinski definition) is 2. The lowest BCUT2D eigenvalue weighted by molar-refractivity contribution is 0.0748. The maximum atomic E-state index is 13.4. The summed E-state index contributed by atoms with van der Waals surface area (Å²) in [6, 6.07) is 7.82. The monoisotopic (exact) mass is 353 g/mol. The van der Waals surface area contributed by atoms with Crippen molar-refractivity contribution in [2.45, 2.75) is 33.4 Å². The van der Waals surface area contributed by atoms with E-state index in [0.29, 0.717) is 24.5 Å². The summed E-state index contributed by atoms with van der Waals surface area (Å²) >= 11 is 0. The van der Waals surface area contributed by atoms with Crippen molar-refractivity contribution >= 4 is 16.8 Å². The molecule has 4 rings (SSSR count). The first-order chi connectivity index (χ1) is 12.4. The van der Waals surface area contributed by atoms with Crippen LogP contribution in [0.15, 0.2) is 30.3 Å². The van der Waals surface area contributed by atoms with Crippen LogP contribution < -0.4 is 0 Å². The topological polar surface area (TPSA) is 69.2 Å². The number of phenols is 1. The number of fused-ring (bicyclic) bond motifs is 2. The zero-order chi connectivity index (χ0) is 18.4. The normalized spacial score (nSPS) is 13.6. The molecule has 0 fully saturated rings. The number of aromatic amines is 1. The van der Waals surface area contributed by atoms with Crippen LogP contribution in [0.1, 0.15) is 41.0 Å². The molecule has 26 heavy (non-hydrogen) atoms. The van der Waals surface area contributed by atoms with Gasteiger partial charge in [-0.15, -0.1) is 0 Å². The fraction of sp³-hybridized carbons (Fsp3) is 0.300. The van der Waals surface area contributed by atoms with Crippen LogP contribution in [0, 0.1) is 11.7 Å². The first-order valence-corrected chi connectivity index (χ1v) is 8.69. The Morgan fingerprint density at radius 1 is 1.27 bits per heavy atom. The zero-order valence-corrected chi connectivity index (χ0v) is 14.7. The molecule has 2 aromatic carbocycles. The molecule has 3 aromatic rings. The average Bonchev–Trinajstić information content (AvgIpc) is 3.16. The van der Waals surface area contributed by atoms with Gasteiger partial charge in [0, 0.05) is 24.5 Å². The highest BCUT2D eigenvalue weighted by Crippen LogP contribution is 2.31. The summed E-state index contributed by atoms with van der Waals surface area (Å²) in [5.41, 5.74) is 3.58. The van der Waals surface area contributed by atoms with Crippen molar-refractivity contribution in [3.05, 3.63) is 58.5 Å². The summed E-state index contributed by atoms with van der Waals surface area (Å²) in [7, 11) is 0. The third-order valence-corrected chi connectivity index (χ3v) is 4.77. The van der Waals surface area contributed by atoms with Gasteiger partial charge in [-0.05, 0) is 41.7 Å². The molecular formula is C20H20FN3O2. The lowest BCUT2D eigenvalue weighted by Crippen LogP contribution is -2.25. The molecule has 0 aliphatic carbocycles. The molecular weight excluding hydrogens is 333 g/mol. The number of nitrogens with zero attached hydrogens (tertiary/aromatic N) is 2. The molecule has 1 amide bonds. The van der Waals surface area contributed by atoms with Crippen LogP contribution in [0.3, 0.4) is 0 Å². The fourth-order valence-electron chi connectivity index (χ4n) is 3.50. The number of carbonyl (C=O) groups is 1. The first-order valence-electron chi connectivity index (χ1n) is 8.69. The summed E-state index contributed by atoms with van der Waals surface area (Å²) in [4.78, 5) is 14.6. The van der Waals surface area contributed by atoms with Crippen LogP contribution in [0.25, 0.3) is 10.9 Å². The van der Waals surface area contributed by atoms with E-state index in [2.05, 4.69) is 24.0 Å². The average molecular weight is 353 g/mol. The third kappa shape index (κ3) is 2.81. The largest absolute Gasteiger partial charge is 0.507 e. The zero-order valence-electron chi connectivity index (χ0n) is 14.7. The third-order valence-electron chi connectivity index (χ3n) is 4.77. The van der Waals surface area contributed by atoms with E-state index in [9.17, 15) is 14.3 Å². The van der Waals surface area contributed by atoms with Gasteiger partial charge >= 0.3 is 0 Å². The first kappa shape index (κ1) is 16.6. The SMILES string of the molecule is CC(C)Cc1n[nH]c2cc(O)c(C(=O)N3Cc4ccc(F)cc4C3)cc12. The molecule has 1 aliphatic rings.